The number of nitrogens with one attached hydrogen (secondary N) is 2. The van der Waals surface area contributed by atoms with E-state index in [2.05, 4.69) is 10.6 Å². The number of carbonyl (C=O) groups is 5. The van der Waals surface area contributed by atoms with Gasteiger partial charge in [-0.25, -0.2) is 14.4 Å². The first kappa shape index (κ1) is 46.8. The van der Waals surface area contributed by atoms with Crippen molar-refractivity contribution in [2.24, 2.45) is 0 Å². The van der Waals surface area contributed by atoms with Gasteiger partial charge >= 0.3 is 17.9 Å². The van der Waals surface area contributed by atoms with Crippen LogP contribution in [0, 0.1) is 0 Å². The SMILES string of the molecule is CCOC(=O)COc1c2cccc1Cc1cccc3c1OCC(=O)NCCN(OCC(=O)OCC)CCNC(=O)COc1c(cccc1Cc1cccc(c1OCC(=O)OCC)C3)C2. The minimum atomic E-state index is -0.555. The molecule has 0 saturated heterocycles. The topological polar surface area (TPSA) is 186 Å². The van der Waals surface area contributed by atoms with E-state index < -0.39 is 29.7 Å². The summed E-state index contributed by atoms with van der Waals surface area (Å²) in [6, 6.07) is 22.9. The Balaban J connectivity index is 1.49. The number of nitrogens with zero attached hydrogens (tertiary/aromatic N) is 1. The van der Waals surface area contributed by atoms with Gasteiger partial charge in [0.1, 0.15) is 23.0 Å². The van der Waals surface area contributed by atoms with Crippen molar-refractivity contribution >= 4 is 29.7 Å². The Morgan fingerprint density at radius 1 is 0.516 bits per heavy atom. The maximum absolute atomic E-state index is 13.5. The highest BCUT2D eigenvalue weighted by Crippen LogP contribution is 2.39. The van der Waals surface area contributed by atoms with Crippen molar-refractivity contribution in [1.29, 1.82) is 0 Å². The molecule has 4 aromatic carbocycles. The van der Waals surface area contributed by atoms with Crippen LogP contribution in [0.4, 0.5) is 0 Å². The van der Waals surface area contributed by atoms with Gasteiger partial charge in [-0.05, 0) is 65.3 Å². The summed E-state index contributed by atoms with van der Waals surface area (Å²) < 4.78 is 41.0. The molecule has 64 heavy (non-hydrogen) atoms. The molecule has 10 bridgehead atoms. The fraction of sp³-hybridized carbons (Fsp3) is 0.396. The lowest BCUT2D eigenvalue weighted by Gasteiger charge is -2.23. The molecule has 4 aromatic rings. The van der Waals surface area contributed by atoms with E-state index in [1.165, 1.54) is 5.06 Å². The normalized spacial score (nSPS) is 14.7. The Hall–Kier alpha value is -6.65. The number of benzene rings is 4. The molecule has 0 spiro atoms. The van der Waals surface area contributed by atoms with E-state index in [-0.39, 0.29) is 105 Å². The van der Waals surface area contributed by atoms with Crippen molar-refractivity contribution in [2.45, 2.75) is 46.5 Å². The summed E-state index contributed by atoms with van der Waals surface area (Å²) in [5.74, 6) is -0.562. The quantitative estimate of drug-likeness (QED) is 0.135. The van der Waals surface area contributed by atoms with Gasteiger partial charge in [0.2, 0.25) is 0 Å². The van der Waals surface area contributed by atoms with Gasteiger partial charge in [0.15, 0.2) is 33.0 Å². The number of esters is 3. The third-order valence-electron chi connectivity index (χ3n) is 10.2. The van der Waals surface area contributed by atoms with Gasteiger partial charge in [0.05, 0.1) is 19.8 Å². The first-order valence-corrected chi connectivity index (χ1v) is 21.5. The average molecular weight is 882 g/mol. The predicted octanol–water partition coefficient (Wildman–Crippen LogP) is 4.05. The standard InChI is InChI=1S/C48H55N3O13/c1-4-57-42(54)29-62-47-36-15-9-16-37(47)24-33-12-8-14-35-26-39-18-10-17-38(48(39)63-30-43(55)58-5-2)25-34-13-7-11-32(23-36)45(34)60-27-40(52)49-19-21-51(64-31-44(56)59-6-3)22-20-50-41(53)28-61-46(33)35/h7-18H,4-6,19-31H2,1-3H3,(H,49,52)(H,50,53). The molecule has 2 amide bonds. The van der Waals surface area contributed by atoms with Crippen molar-refractivity contribution in [1.82, 2.24) is 15.7 Å². The van der Waals surface area contributed by atoms with Gasteiger partial charge in [0.25, 0.3) is 11.8 Å². The Morgan fingerprint density at radius 2 is 0.844 bits per heavy atom. The summed E-state index contributed by atoms with van der Waals surface area (Å²) in [4.78, 5) is 70.2. The van der Waals surface area contributed by atoms with Crippen LogP contribution in [0.15, 0.2) is 72.8 Å². The molecule has 1 aliphatic heterocycles. The van der Waals surface area contributed by atoms with E-state index in [1.54, 1.807) is 20.8 Å². The largest absolute Gasteiger partial charge is 0.483 e. The van der Waals surface area contributed by atoms with E-state index in [0.717, 1.165) is 44.5 Å². The molecule has 0 fully saturated rings. The minimum absolute atomic E-state index is 0.123. The molecule has 0 radical (unpaired) electrons. The summed E-state index contributed by atoms with van der Waals surface area (Å²) in [5, 5.41) is 7.19. The second-order valence-electron chi connectivity index (χ2n) is 14.8. The Labute approximate surface area is 372 Å². The summed E-state index contributed by atoms with van der Waals surface area (Å²) >= 11 is 0. The molecule has 2 N–H and O–H groups in total. The van der Waals surface area contributed by atoms with Crippen LogP contribution in [0.1, 0.15) is 65.3 Å². The van der Waals surface area contributed by atoms with Crippen LogP contribution in [0.25, 0.3) is 0 Å². The van der Waals surface area contributed by atoms with Gasteiger partial charge in [-0.3, -0.25) is 14.4 Å². The van der Waals surface area contributed by atoms with Crippen LogP contribution < -0.4 is 29.6 Å². The zero-order valence-corrected chi connectivity index (χ0v) is 36.5. The highest BCUT2D eigenvalue weighted by Gasteiger charge is 2.24. The fourth-order valence-corrected chi connectivity index (χ4v) is 7.50. The van der Waals surface area contributed by atoms with Gasteiger partial charge in [-0.2, -0.15) is 5.06 Å². The van der Waals surface area contributed by atoms with E-state index in [9.17, 15) is 24.0 Å². The lowest BCUT2D eigenvalue weighted by molar-refractivity contribution is -0.184. The molecule has 1 aliphatic carbocycles. The van der Waals surface area contributed by atoms with Crippen LogP contribution in [0.5, 0.6) is 23.0 Å². The fourth-order valence-electron chi connectivity index (χ4n) is 7.50. The third kappa shape index (κ3) is 13.2. The molecule has 0 atom stereocenters. The van der Waals surface area contributed by atoms with Crippen molar-refractivity contribution < 1.29 is 62.0 Å². The van der Waals surface area contributed by atoms with E-state index >= 15 is 0 Å². The van der Waals surface area contributed by atoms with Gasteiger partial charge in [-0.15, -0.1) is 0 Å². The first-order chi connectivity index (χ1) is 31.1. The summed E-state index contributed by atoms with van der Waals surface area (Å²) in [7, 11) is 0. The Bertz CT molecular complexity index is 2050. The van der Waals surface area contributed by atoms with Crippen LogP contribution in [-0.2, 0) is 68.7 Å². The van der Waals surface area contributed by atoms with Crippen molar-refractivity contribution in [3.05, 3.63) is 117 Å². The number of hydroxylamine groups is 2. The zero-order chi connectivity index (χ0) is 45.3. The second-order valence-corrected chi connectivity index (χ2v) is 14.8. The van der Waals surface area contributed by atoms with Gasteiger partial charge in [-0.1, -0.05) is 72.8 Å². The molecule has 0 unspecified atom stereocenters. The van der Waals surface area contributed by atoms with Crippen LogP contribution in [0.3, 0.4) is 0 Å². The molecular formula is C48H55N3O13. The number of amides is 2. The van der Waals surface area contributed by atoms with Crippen molar-refractivity contribution in [2.75, 3.05) is 79.0 Å². The summed E-state index contributed by atoms with van der Waals surface area (Å²) in [6.45, 7) is 4.60. The Kier molecular flexibility index (Phi) is 17.3. The third-order valence-corrected chi connectivity index (χ3v) is 10.2. The van der Waals surface area contributed by atoms with Crippen LogP contribution >= 0.6 is 0 Å². The number of rotatable bonds is 12. The number of hydrogen-bond acceptors (Lipinski definition) is 14. The molecule has 340 valence electrons. The Morgan fingerprint density at radius 3 is 1.19 bits per heavy atom. The summed E-state index contributed by atoms with van der Waals surface area (Å²) in [5.41, 5.74) is 5.90. The summed E-state index contributed by atoms with van der Waals surface area (Å²) in [6.07, 6.45) is 1.11. The number of ether oxygens (including phenoxy) is 7. The number of fused-ring (bicyclic) bond motifs is 2. The van der Waals surface area contributed by atoms with Gasteiger partial charge in [0, 0.05) is 51.9 Å². The lowest BCUT2D eigenvalue weighted by Crippen LogP contribution is -2.42. The molecule has 16 heteroatoms. The van der Waals surface area contributed by atoms with E-state index in [1.807, 2.05) is 72.8 Å². The molecular weight excluding hydrogens is 827 g/mol. The predicted molar refractivity (Wildman–Crippen MR) is 232 cm³/mol. The maximum atomic E-state index is 13.5. The van der Waals surface area contributed by atoms with E-state index in [0.29, 0.717) is 23.0 Å². The first-order valence-electron chi connectivity index (χ1n) is 21.5. The number of hydrogen-bond donors (Lipinski definition) is 2. The molecule has 2 aliphatic rings. The highest BCUT2D eigenvalue weighted by atomic mass is 16.7. The van der Waals surface area contributed by atoms with Crippen molar-refractivity contribution in [3.63, 3.8) is 0 Å². The molecule has 0 aromatic heterocycles. The van der Waals surface area contributed by atoms with Crippen LogP contribution in [-0.4, -0.2) is 114 Å². The molecule has 0 saturated carbocycles. The van der Waals surface area contributed by atoms with Crippen LogP contribution in [0.2, 0.25) is 0 Å². The highest BCUT2D eigenvalue weighted by molar-refractivity contribution is 5.78. The molecule has 16 nitrogen and oxygen atoms in total. The lowest BCUT2D eigenvalue weighted by atomic mass is 9.91. The van der Waals surface area contributed by atoms with Crippen molar-refractivity contribution in [3.8, 4) is 23.0 Å². The van der Waals surface area contributed by atoms with Gasteiger partial charge < -0.3 is 43.8 Å². The molecule has 6 rings (SSSR count). The smallest absolute Gasteiger partial charge is 0.344 e. The zero-order valence-electron chi connectivity index (χ0n) is 36.5. The monoisotopic (exact) mass is 881 g/mol. The number of carbonyl (C=O) groups excluding carboxylic acids is 5. The maximum Gasteiger partial charge on any atom is 0.344 e. The number of para-hydroxylation sites is 4. The minimum Gasteiger partial charge on any atom is -0.483 e. The van der Waals surface area contributed by atoms with E-state index in [4.69, 9.17) is 38.0 Å². The second kappa shape index (κ2) is 23.7. The average Bonchev–Trinajstić information content (AvgIpc) is 3.27. The molecule has 1 heterocycles.